The molecule has 0 atom stereocenters. The third-order valence-electron chi connectivity index (χ3n) is 5.35. The Labute approximate surface area is 201 Å². The number of hydrogen-bond donors (Lipinski definition) is 0. The molecule has 0 unspecified atom stereocenters. The molecule has 1 aliphatic rings. The maximum Gasteiger partial charge on any atom is 0.416 e. The summed E-state index contributed by atoms with van der Waals surface area (Å²) < 4.78 is 54.9. The standard InChI is InChI=1S/C26H26F3NO5/c1-4-34-24(31)21-15-30(14-17-6-12-20(33-3)13-7-17)16-22(25(32)35-5-2)23(21)18-8-10-19(11-9-18)26(27,28)29/h6-13,15-16,23H,4-5,14H2,1-3H3. The van der Waals surface area contributed by atoms with Crippen LogP contribution in [0, 0.1) is 0 Å². The molecule has 0 aliphatic carbocycles. The lowest BCUT2D eigenvalue weighted by molar-refractivity contribution is -0.140. The van der Waals surface area contributed by atoms with Crippen LogP contribution in [-0.4, -0.2) is 37.2 Å². The van der Waals surface area contributed by atoms with Crippen LogP contribution in [-0.2, 0) is 31.8 Å². The number of halogens is 3. The third kappa shape index (κ3) is 6.23. The van der Waals surface area contributed by atoms with Crippen LogP contribution < -0.4 is 4.74 Å². The molecule has 35 heavy (non-hydrogen) atoms. The minimum Gasteiger partial charge on any atom is -0.497 e. The van der Waals surface area contributed by atoms with Crippen LogP contribution in [0.2, 0.25) is 0 Å². The molecule has 1 heterocycles. The van der Waals surface area contributed by atoms with Crippen molar-refractivity contribution in [2.45, 2.75) is 32.5 Å². The SMILES string of the molecule is CCOC(=O)C1=CN(Cc2ccc(OC)cc2)C=C(C(=O)OCC)C1c1ccc(C(F)(F)F)cc1. The second-order valence-electron chi connectivity index (χ2n) is 7.68. The van der Waals surface area contributed by atoms with Crippen molar-refractivity contribution in [2.24, 2.45) is 0 Å². The molecule has 3 rings (SSSR count). The van der Waals surface area contributed by atoms with Gasteiger partial charge in [-0.25, -0.2) is 9.59 Å². The van der Waals surface area contributed by atoms with Gasteiger partial charge in [-0.15, -0.1) is 0 Å². The van der Waals surface area contributed by atoms with Crippen molar-refractivity contribution in [1.82, 2.24) is 4.90 Å². The average Bonchev–Trinajstić information content (AvgIpc) is 2.84. The van der Waals surface area contributed by atoms with Crippen LogP contribution in [0.1, 0.15) is 36.5 Å². The molecule has 0 spiro atoms. The minimum absolute atomic E-state index is 0.0901. The van der Waals surface area contributed by atoms with E-state index in [2.05, 4.69) is 0 Å². The topological polar surface area (TPSA) is 65.1 Å². The van der Waals surface area contributed by atoms with Gasteiger partial charge in [0.25, 0.3) is 0 Å². The Balaban J connectivity index is 2.06. The average molecular weight is 489 g/mol. The first kappa shape index (κ1) is 25.9. The molecule has 0 bridgehead atoms. The fraction of sp³-hybridized carbons (Fsp3) is 0.308. The monoisotopic (exact) mass is 489 g/mol. The van der Waals surface area contributed by atoms with Crippen molar-refractivity contribution in [3.05, 3.63) is 88.8 Å². The summed E-state index contributed by atoms with van der Waals surface area (Å²) >= 11 is 0. The zero-order valence-electron chi connectivity index (χ0n) is 19.6. The first-order valence-corrected chi connectivity index (χ1v) is 11.0. The summed E-state index contributed by atoms with van der Waals surface area (Å²) in [4.78, 5) is 27.5. The first-order valence-electron chi connectivity index (χ1n) is 11.0. The number of alkyl halides is 3. The summed E-state index contributed by atoms with van der Waals surface area (Å²) in [6.07, 6.45) is -1.42. The maximum absolute atomic E-state index is 13.1. The summed E-state index contributed by atoms with van der Waals surface area (Å²) in [5.41, 5.74) is 0.608. The summed E-state index contributed by atoms with van der Waals surface area (Å²) in [5, 5.41) is 0. The number of methoxy groups -OCH3 is 1. The summed E-state index contributed by atoms with van der Waals surface area (Å²) in [5.74, 6) is -1.62. The number of benzene rings is 2. The van der Waals surface area contributed by atoms with E-state index in [-0.39, 0.29) is 24.4 Å². The molecular formula is C26H26F3NO5. The Kier molecular flexibility index (Phi) is 8.22. The second-order valence-corrected chi connectivity index (χ2v) is 7.68. The van der Waals surface area contributed by atoms with Crippen LogP contribution in [0.25, 0.3) is 0 Å². The molecule has 0 amide bonds. The van der Waals surface area contributed by atoms with Crippen molar-refractivity contribution in [1.29, 1.82) is 0 Å². The van der Waals surface area contributed by atoms with Gasteiger partial charge in [-0.05, 0) is 49.2 Å². The van der Waals surface area contributed by atoms with Gasteiger partial charge < -0.3 is 19.1 Å². The van der Waals surface area contributed by atoms with Gasteiger partial charge >= 0.3 is 18.1 Å². The number of hydrogen-bond acceptors (Lipinski definition) is 6. The molecule has 0 aromatic heterocycles. The number of nitrogens with zero attached hydrogens (tertiary/aromatic N) is 1. The molecule has 0 saturated carbocycles. The van der Waals surface area contributed by atoms with E-state index in [1.165, 1.54) is 12.1 Å². The molecule has 0 saturated heterocycles. The van der Waals surface area contributed by atoms with Crippen molar-refractivity contribution in [2.75, 3.05) is 20.3 Å². The van der Waals surface area contributed by atoms with Gasteiger partial charge in [-0.2, -0.15) is 13.2 Å². The number of carbonyl (C=O) groups is 2. The quantitative estimate of drug-likeness (QED) is 0.475. The predicted octanol–water partition coefficient (Wildman–Crippen LogP) is 5.21. The van der Waals surface area contributed by atoms with Gasteiger partial charge in [0.05, 0.1) is 43.0 Å². The molecule has 6 nitrogen and oxygen atoms in total. The summed E-state index contributed by atoms with van der Waals surface area (Å²) in [7, 11) is 1.56. The number of rotatable bonds is 8. The molecule has 1 aliphatic heterocycles. The van der Waals surface area contributed by atoms with Gasteiger partial charge in [-0.1, -0.05) is 24.3 Å². The molecule has 0 radical (unpaired) electrons. The normalized spacial score (nSPS) is 14.2. The van der Waals surface area contributed by atoms with Gasteiger partial charge in [0.2, 0.25) is 0 Å². The number of ether oxygens (including phenoxy) is 3. The molecule has 2 aromatic carbocycles. The Morgan fingerprint density at radius 3 is 1.80 bits per heavy atom. The van der Waals surface area contributed by atoms with Crippen molar-refractivity contribution < 1.29 is 37.0 Å². The maximum atomic E-state index is 13.1. The zero-order chi connectivity index (χ0) is 25.6. The Bertz CT molecular complexity index is 1070. The molecular weight excluding hydrogens is 463 g/mol. The van der Waals surface area contributed by atoms with E-state index in [0.29, 0.717) is 17.9 Å². The van der Waals surface area contributed by atoms with Gasteiger partial charge in [0, 0.05) is 18.9 Å². The van der Waals surface area contributed by atoms with Crippen LogP contribution in [0.4, 0.5) is 13.2 Å². The van der Waals surface area contributed by atoms with E-state index in [0.717, 1.165) is 17.7 Å². The largest absolute Gasteiger partial charge is 0.497 e. The van der Waals surface area contributed by atoms with E-state index in [9.17, 15) is 22.8 Å². The fourth-order valence-electron chi connectivity index (χ4n) is 3.74. The highest BCUT2D eigenvalue weighted by Crippen LogP contribution is 2.39. The smallest absolute Gasteiger partial charge is 0.416 e. The van der Waals surface area contributed by atoms with Gasteiger partial charge in [-0.3, -0.25) is 0 Å². The van der Waals surface area contributed by atoms with Crippen LogP contribution in [0.5, 0.6) is 5.75 Å². The van der Waals surface area contributed by atoms with Crippen molar-refractivity contribution in [3.8, 4) is 5.75 Å². The highest BCUT2D eigenvalue weighted by atomic mass is 19.4. The number of carbonyl (C=O) groups excluding carboxylic acids is 2. The van der Waals surface area contributed by atoms with E-state index in [1.807, 2.05) is 12.1 Å². The van der Waals surface area contributed by atoms with Crippen LogP contribution in [0.15, 0.2) is 72.1 Å². The lowest BCUT2D eigenvalue weighted by Gasteiger charge is -2.30. The highest BCUT2D eigenvalue weighted by Gasteiger charge is 2.36. The molecule has 9 heteroatoms. The predicted molar refractivity (Wildman–Crippen MR) is 122 cm³/mol. The fourth-order valence-corrected chi connectivity index (χ4v) is 3.74. The van der Waals surface area contributed by atoms with Crippen molar-refractivity contribution in [3.63, 3.8) is 0 Å². The van der Waals surface area contributed by atoms with Crippen LogP contribution >= 0.6 is 0 Å². The lowest BCUT2D eigenvalue weighted by Crippen LogP contribution is -2.29. The van der Waals surface area contributed by atoms with E-state index < -0.39 is 29.6 Å². The minimum atomic E-state index is -4.51. The first-order chi connectivity index (χ1) is 16.7. The van der Waals surface area contributed by atoms with Gasteiger partial charge in [0.1, 0.15) is 5.75 Å². The number of esters is 2. The van der Waals surface area contributed by atoms with Crippen molar-refractivity contribution >= 4 is 11.9 Å². The Morgan fingerprint density at radius 2 is 1.37 bits per heavy atom. The molecule has 0 N–H and O–H groups in total. The van der Waals surface area contributed by atoms with Gasteiger partial charge in [0.15, 0.2) is 0 Å². The molecule has 0 fully saturated rings. The Morgan fingerprint density at radius 1 is 0.857 bits per heavy atom. The lowest BCUT2D eigenvalue weighted by atomic mass is 9.83. The van der Waals surface area contributed by atoms with E-state index in [4.69, 9.17) is 14.2 Å². The summed E-state index contributed by atoms with van der Waals surface area (Å²) in [6.45, 7) is 3.78. The molecule has 186 valence electrons. The van der Waals surface area contributed by atoms with Crippen LogP contribution in [0.3, 0.4) is 0 Å². The summed E-state index contributed by atoms with van der Waals surface area (Å²) in [6, 6.07) is 11.6. The van der Waals surface area contributed by atoms with E-state index in [1.54, 1.807) is 50.4 Å². The second kappa shape index (κ2) is 11.1. The van der Waals surface area contributed by atoms with E-state index >= 15 is 0 Å². The Hall–Kier alpha value is -3.75. The third-order valence-corrected chi connectivity index (χ3v) is 5.35. The molecule has 2 aromatic rings. The zero-order valence-corrected chi connectivity index (χ0v) is 19.6. The highest BCUT2D eigenvalue weighted by molar-refractivity contribution is 5.98.